The second-order valence-corrected chi connectivity index (χ2v) is 10.3. The van der Waals surface area contributed by atoms with Crippen molar-refractivity contribution in [3.8, 4) is 0 Å². The van der Waals surface area contributed by atoms with Crippen molar-refractivity contribution in [2.24, 2.45) is 10.8 Å². The highest BCUT2D eigenvalue weighted by Crippen LogP contribution is 2.31. The van der Waals surface area contributed by atoms with Crippen LogP contribution in [-0.4, -0.2) is 11.8 Å². The van der Waals surface area contributed by atoms with Gasteiger partial charge in [0, 0.05) is 22.2 Å². The van der Waals surface area contributed by atoms with Crippen molar-refractivity contribution in [3.05, 3.63) is 72.8 Å². The highest BCUT2D eigenvalue weighted by molar-refractivity contribution is 5.98. The van der Waals surface area contributed by atoms with Crippen molar-refractivity contribution in [1.82, 2.24) is 0 Å². The average molecular weight is 459 g/mol. The van der Waals surface area contributed by atoms with Crippen molar-refractivity contribution in [3.63, 3.8) is 0 Å². The van der Waals surface area contributed by atoms with Gasteiger partial charge >= 0.3 is 0 Å². The topological polar surface area (TPSA) is 82.3 Å². The number of benzene rings is 3. The van der Waals surface area contributed by atoms with Crippen LogP contribution in [0.2, 0.25) is 0 Å². The summed E-state index contributed by atoms with van der Waals surface area (Å²) >= 11 is 0. The van der Waals surface area contributed by atoms with E-state index in [-0.39, 0.29) is 11.8 Å². The van der Waals surface area contributed by atoms with Gasteiger partial charge in [0.05, 0.1) is 22.7 Å². The third-order valence-corrected chi connectivity index (χ3v) is 5.13. The molecule has 0 unspecified atom stereocenters. The van der Waals surface area contributed by atoms with E-state index < -0.39 is 10.8 Å². The van der Waals surface area contributed by atoms with Crippen LogP contribution in [0.3, 0.4) is 0 Å². The van der Waals surface area contributed by atoms with Gasteiger partial charge in [-0.2, -0.15) is 0 Å². The van der Waals surface area contributed by atoms with Crippen LogP contribution in [-0.2, 0) is 9.59 Å². The lowest BCUT2D eigenvalue weighted by Crippen LogP contribution is -2.27. The standard InChI is InChI=1S/C28H34N4O2/c1-27(2,3)25(33)31-23-16-9-7-14-21(23)29-19-12-11-13-20(18-19)30-22-15-8-10-17-24(22)32-26(34)28(4,5)6/h7-18,29-30H,1-6H3,(H,31,33)(H,32,34). The number of hydrogen-bond donors (Lipinski definition) is 4. The monoisotopic (exact) mass is 458 g/mol. The predicted octanol–water partition coefficient (Wildman–Crippen LogP) is 7.14. The van der Waals surface area contributed by atoms with Crippen LogP contribution in [0.15, 0.2) is 72.8 Å². The third-order valence-electron chi connectivity index (χ3n) is 5.13. The average Bonchev–Trinajstić information content (AvgIpc) is 2.75. The fraction of sp³-hybridized carbons (Fsp3) is 0.286. The first-order valence-electron chi connectivity index (χ1n) is 11.4. The zero-order chi connectivity index (χ0) is 24.9. The van der Waals surface area contributed by atoms with E-state index in [4.69, 9.17) is 0 Å². The molecule has 0 bridgehead atoms. The highest BCUT2D eigenvalue weighted by atomic mass is 16.2. The van der Waals surface area contributed by atoms with Gasteiger partial charge in [0.15, 0.2) is 0 Å². The zero-order valence-corrected chi connectivity index (χ0v) is 20.7. The predicted molar refractivity (Wildman–Crippen MR) is 142 cm³/mol. The van der Waals surface area contributed by atoms with E-state index in [1.165, 1.54) is 0 Å². The lowest BCUT2D eigenvalue weighted by molar-refractivity contribution is -0.123. The molecule has 0 fully saturated rings. The number of nitrogens with one attached hydrogen (secondary N) is 4. The van der Waals surface area contributed by atoms with Gasteiger partial charge in [-0.15, -0.1) is 0 Å². The molecule has 178 valence electrons. The zero-order valence-electron chi connectivity index (χ0n) is 20.7. The molecule has 3 aromatic carbocycles. The molecule has 4 N–H and O–H groups in total. The first-order chi connectivity index (χ1) is 15.9. The molecule has 34 heavy (non-hydrogen) atoms. The van der Waals surface area contributed by atoms with Gasteiger partial charge in [-0.05, 0) is 42.5 Å². The van der Waals surface area contributed by atoms with Crippen LogP contribution >= 0.6 is 0 Å². The van der Waals surface area contributed by atoms with E-state index in [2.05, 4.69) is 21.3 Å². The van der Waals surface area contributed by atoms with Crippen LogP contribution < -0.4 is 21.3 Å². The Morgan fingerprint density at radius 1 is 0.529 bits per heavy atom. The lowest BCUT2D eigenvalue weighted by atomic mass is 9.95. The van der Waals surface area contributed by atoms with E-state index in [9.17, 15) is 9.59 Å². The summed E-state index contributed by atoms with van der Waals surface area (Å²) in [6.45, 7) is 11.3. The quantitative estimate of drug-likeness (QED) is 0.316. The van der Waals surface area contributed by atoms with Crippen LogP contribution in [0.25, 0.3) is 0 Å². The number of anilines is 6. The maximum absolute atomic E-state index is 12.5. The summed E-state index contributed by atoms with van der Waals surface area (Å²) in [4.78, 5) is 25.0. The number of para-hydroxylation sites is 4. The van der Waals surface area contributed by atoms with Gasteiger partial charge in [-0.1, -0.05) is 71.9 Å². The smallest absolute Gasteiger partial charge is 0.229 e. The first kappa shape index (κ1) is 24.8. The fourth-order valence-electron chi connectivity index (χ4n) is 3.01. The van der Waals surface area contributed by atoms with E-state index in [1.54, 1.807) is 0 Å². The Morgan fingerprint density at radius 3 is 1.24 bits per heavy atom. The minimum absolute atomic E-state index is 0.0499. The Kier molecular flexibility index (Phi) is 7.30. The molecule has 0 aromatic heterocycles. The van der Waals surface area contributed by atoms with E-state index in [1.807, 2.05) is 114 Å². The van der Waals surface area contributed by atoms with Gasteiger partial charge < -0.3 is 21.3 Å². The molecule has 3 rings (SSSR count). The summed E-state index contributed by atoms with van der Waals surface area (Å²) in [5, 5.41) is 12.8. The van der Waals surface area contributed by atoms with Crippen molar-refractivity contribution in [1.29, 1.82) is 0 Å². The van der Waals surface area contributed by atoms with Gasteiger partial charge in [-0.25, -0.2) is 0 Å². The SMILES string of the molecule is CC(C)(C)C(=O)Nc1ccccc1Nc1cccc(Nc2ccccc2NC(=O)C(C)(C)C)c1. The second-order valence-electron chi connectivity index (χ2n) is 10.3. The van der Waals surface area contributed by atoms with Gasteiger partial charge in [0.25, 0.3) is 0 Å². The minimum Gasteiger partial charge on any atom is -0.354 e. The largest absolute Gasteiger partial charge is 0.354 e. The van der Waals surface area contributed by atoms with Crippen molar-refractivity contribution < 1.29 is 9.59 Å². The van der Waals surface area contributed by atoms with Gasteiger partial charge in [0.1, 0.15) is 0 Å². The maximum Gasteiger partial charge on any atom is 0.229 e. The van der Waals surface area contributed by atoms with Crippen LogP contribution in [0.4, 0.5) is 34.1 Å². The first-order valence-corrected chi connectivity index (χ1v) is 11.4. The normalized spacial score (nSPS) is 11.5. The Morgan fingerprint density at radius 2 is 0.882 bits per heavy atom. The summed E-state index contributed by atoms with van der Waals surface area (Å²) in [6.07, 6.45) is 0. The van der Waals surface area contributed by atoms with Crippen LogP contribution in [0.5, 0.6) is 0 Å². The Hall–Kier alpha value is -3.80. The van der Waals surface area contributed by atoms with Crippen LogP contribution in [0.1, 0.15) is 41.5 Å². The number of carbonyl (C=O) groups is 2. The third kappa shape index (κ3) is 6.61. The molecule has 6 heteroatoms. The molecule has 0 aliphatic heterocycles. The lowest BCUT2D eigenvalue weighted by Gasteiger charge is -2.20. The van der Waals surface area contributed by atoms with Crippen molar-refractivity contribution in [2.45, 2.75) is 41.5 Å². The van der Waals surface area contributed by atoms with Crippen LogP contribution in [0, 0.1) is 10.8 Å². The molecule has 6 nitrogen and oxygen atoms in total. The number of amides is 2. The molecule has 0 saturated carbocycles. The second kappa shape index (κ2) is 10.00. The summed E-state index contributed by atoms with van der Waals surface area (Å²) in [6, 6.07) is 23.1. The molecule has 0 spiro atoms. The van der Waals surface area contributed by atoms with E-state index in [0.29, 0.717) is 0 Å². The van der Waals surface area contributed by atoms with Gasteiger partial charge in [-0.3, -0.25) is 9.59 Å². The van der Waals surface area contributed by atoms with Gasteiger partial charge in [0.2, 0.25) is 11.8 Å². The molecule has 3 aromatic rings. The Labute approximate surface area is 202 Å². The molecular formula is C28H34N4O2. The van der Waals surface area contributed by atoms with Crippen molar-refractivity contribution in [2.75, 3.05) is 21.3 Å². The number of rotatable bonds is 6. The fourth-order valence-corrected chi connectivity index (χ4v) is 3.01. The molecule has 0 heterocycles. The molecule has 2 amide bonds. The molecule has 0 aliphatic rings. The summed E-state index contributed by atoms with van der Waals surface area (Å²) in [7, 11) is 0. The number of carbonyl (C=O) groups excluding carboxylic acids is 2. The summed E-state index contributed by atoms with van der Waals surface area (Å²) in [5.41, 5.74) is 3.77. The molecular weight excluding hydrogens is 424 g/mol. The van der Waals surface area contributed by atoms with E-state index in [0.717, 1.165) is 34.1 Å². The Balaban J connectivity index is 1.79. The molecule has 0 saturated heterocycles. The molecule has 0 aliphatic carbocycles. The summed E-state index contributed by atoms with van der Waals surface area (Å²) < 4.78 is 0. The molecule has 0 radical (unpaired) electrons. The Bertz CT molecular complexity index is 1080. The maximum atomic E-state index is 12.5. The molecule has 0 atom stereocenters. The highest BCUT2D eigenvalue weighted by Gasteiger charge is 2.23. The van der Waals surface area contributed by atoms with E-state index >= 15 is 0 Å². The minimum atomic E-state index is -0.493. The van der Waals surface area contributed by atoms with Crippen molar-refractivity contribution >= 4 is 45.9 Å². The number of hydrogen-bond acceptors (Lipinski definition) is 4. The summed E-state index contributed by atoms with van der Waals surface area (Å²) in [5.74, 6) is -0.0999.